The van der Waals surface area contributed by atoms with Crippen LogP contribution < -0.4 is 0 Å². The van der Waals surface area contributed by atoms with Gasteiger partial charge in [0.1, 0.15) is 6.10 Å². The van der Waals surface area contributed by atoms with Gasteiger partial charge in [0, 0.05) is 25.2 Å². The molecule has 1 aliphatic carbocycles. The Labute approximate surface area is 170 Å². The third-order valence-corrected chi connectivity index (χ3v) is 5.60. The summed E-state index contributed by atoms with van der Waals surface area (Å²) >= 11 is 0. The van der Waals surface area contributed by atoms with E-state index in [4.69, 9.17) is 4.74 Å². The first-order chi connectivity index (χ1) is 13.6. The lowest BCUT2D eigenvalue weighted by Crippen LogP contribution is -2.34. The zero-order valence-corrected chi connectivity index (χ0v) is 17.1. The summed E-state index contributed by atoms with van der Waals surface area (Å²) < 4.78 is 35.6. The van der Waals surface area contributed by atoms with Crippen LogP contribution in [0.1, 0.15) is 52.9 Å². The number of aliphatic carboxylic acids is 1. The van der Waals surface area contributed by atoms with E-state index in [1.165, 1.54) is 12.2 Å². The number of fused-ring (bicyclic) bond motifs is 1. The number of allylic oxidation sites excluding steroid dienone is 1. The van der Waals surface area contributed by atoms with Crippen molar-refractivity contribution in [2.24, 2.45) is 17.8 Å². The van der Waals surface area contributed by atoms with Crippen molar-refractivity contribution in [1.82, 2.24) is 0 Å². The number of hydrogen-bond donors (Lipinski definition) is 3. The molecule has 0 aromatic rings. The molecule has 0 aromatic heterocycles. The van der Waals surface area contributed by atoms with Crippen molar-refractivity contribution in [2.75, 3.05) is 0 Å². The highest BCUT2D eigenvalue weighted by atomic mass is 19.3. The second kappa shape index (κ2) is 9.73. The number of ether oxygens (including phenoxy) is 1. The maximum atomic E-state index is 15.1. The Balaban J connectivity index is 2.23. The molecular formula is C22H30F2O5. The van der Waals surface area contributed by atoms with Crippen LogP contribution in [0, 0.1) is 29.6 Å². The fraction of sp³-hybridized carbons (Fsp3) is 0.682. The Morgan fingerprint density at radius 2 is 2.07 bits per heavy atom. The molecule has 0 bridgehead atoms. The van der Waals surface area contributed by atoms with Gasteiger partial charge >= 0.3 is 11.9 Å². The van der Waals surface area contributed by atoms with Crippen molar-refractivity contribution in [3.05, 3.63) is 23.5 Å². The largest absolute Gasteiger partial charge is 0.487 e. The summed E-state index contributed by atoms with van der Waals surface area (Å²) in [6, 6.07) is 0. The summed E-state index contributed by atoms with van der Waals surface area (Å²) in [5, 5.41) is 29.9. The molecule has 0 unspecified atom stereocenters. The first kappa shape index (κ1) is 23.4. The predicted octanol–water partition coefficient (Wildman–Crippen LogP) is 3.51. The van der Waals surface area contributed by atoms with E-state index in [0.717, 1.165) is 6.42 Å². The summed E-state index contributed by atoms with van der Waals surface area (Å²) in [6.45, 7) is 5.44. The Kier molecular flexibility index (Phi) is 7.84. The molecule has 162 valence electrons. The zero-order chi connectivity index (χ0) is 21.8. The average molecular weight is 412 g/mol. The quantitative estimate of drug-likeness (QED) is 0.338. The van der Waals surface area contributed by atoms with E-state index in [2.05, 4.69) is 11.8 Å². The molecule has 2 rings (SSSR count). The highest BCUT2D eigenvalue weighted by Gasteiger charge is 2.64. The van der Waals surface area contributed by atoms with E-state index >= 15 is 8.78 Å². The van der Waals surface area contributed by atoms with Crippen LogP contribution in [0.15, 0.2) is 23.5 Å². The Morgan fingerprint density at radius 1 is 1.38 bits per heavy atom. The van der Waals surface area contributed by atoms with Crippen molar-refractivity contribution in [1.29, 1.82) is 0 Å². The van der Waals surface area contributed by atoms with E-state index in [1.54, 1.807) is 6.92 Å². The molecule has 0 spiro atoms. The Bertz CT molecular complexity index is 718. The van der Waals surface area contributed by atoms with Gasteiger partial charge < -0.3 is 20.1 Å². The number of carboxylic acids is 1. The standard InChI is InChI=1S/C22H30F2O5/c1-4-6-7-9-13(3)16(25)11-10-14-17(26)12-18-19(14)22(23,24)20(29-18)15(8-5-2)21(27)28/h10-11,13-14,16-19,25-26H,4-5,8-9,12H2,1-3H3,(H,27,28)/b11-10+,20-15?/t13-,14-,16+,17+,18-,19+/m0/s1. The van der Waals surface area contributed by atoms with Crippen LogP contribution in [0.4, 0.5) is 8.78 Å². The Hall–Kier alpha value is -1.91. The number of hydrogen-bond acceptors (Lipinski definition) is 4. The van der Waals surface area contributed by atoms with Crippen molar-refractivity contribution in [3.63, 3.8) is 0 Å². The van der Waals surface area contributed by atoms with E-state index < -0.39 is 53.4 Å². The minimum absolute atomic E-state index is 0.00852. The van der Waals surface area contributed by atoms with Crippen LogP contribution in [0.3, 0.4) is 0 Å². The number of carboxylic acid groups (broad SMARTS) is 1. The average Bonchev–Trinajstić information content (AvgIpc) is 3.10. The third kappa shape index (κ3) is 4.99. The van der Waals surface area contributed by atoms with Crippen molar-refractivity contribution in [2.45, 2.75) is 77.1 Å². The lowest BCUT2D eigenvalue weighted by atomic mass is 9.86. The summed E-state index contributed by atoms with van der Waals surface area (Å²) in [4.78, 5) is 11.4. The molecule has 6 atom stereocenters. The van der Waals surface area contributed by atoms with Crippen LogP contribution in [0.25, 0.3) is 0 Å². The highest BCUT2D eigenvalue weighted by Crippen LogP contribution is 2.55. The topological polar surface area (TPSA) is 87.0 Å². The summed E-state index contributed by atoms with van der Waals surface area (Å²) in [7, 11) is 0. The molecule has 5 nitrogen and oxygen atoms in total. The van der Waals surface area contributed by atoms with Gasteiger partial charge in [-0.1, -0.05) is 39.3 Å². The van der Waals surface area contributed by atoms with Crippen molar-refractivity contribution in [3.8, 4) is 11.8 Å². The van der Waals surface area contributed by atoms with Gasteiger partial charge in [0.15, 0.2) is 5.76 Å². The molecule has 29 heavy (non-hydrogen) atoms. The van der Waals surface area contributed by atoms with Crippen LogP contribution in [0.2, 0.25) is 0 Å². The zero-order valence-electron chi connectivity index (χ0n) is 17.1. The van der Waals surface area contributed by atoms with Gasteiger partial charge in [-0.25, -0.2) is 4.79 Å². The second-order valence-corrected chi connectivity index (χ2v) is 7.81. The SMILES string of the molecule is CCC#CC[C@H](C)[C@H](O)/C=C/[C@@H]1[C@@H]2[C@H](C[C@H]1O)OC(=C(CCC)C(=O)O)C2(F)F. The van der Waals surface area contributed by atoms with Crippen LogP contribution in [-0.2, 0) is 9.53 Å². The van der Waals surface area contributed by atoms with Gasteiger partial charge in [-0.05, 0) is 12.3 Å². The molecule has 1 saturated heterocycles. The predicted molar refractivity (Wildman–Crippen MR) is 104 cm³/mol. The maximum Gasteiger partial charge on any atom is 0.335 e. The number of carbonyl (C=O) groups is 1. The second-order valence-electron chi connectivity index (χ2n) is 7.81. The monoisotopic (exact) mass is 412 g/mol. The van der Waals surface area contributed by atoms with Gasteiger partial charge in [-0.15, -0.1) is 11.8 Å². The van der Waals surface area contributed by atoms with Crippen LogP contribution >= 0.6 is 0 Å². The van der Waals surface area contributed by atoms with Gasteiger partial charge in [-0.3, -0.25) is 0 Å². The molecule has 1 heterocycles. The summed E-state index contributed by atoms with van der Waals surface area (Å²) in [5.74, 6) is -2.30. The van der Waals surface area contributed by atoms with Gasteiger partial charge in [-0.2, -0.15) is 8.78 Å². The molecule has 7 heteroatoms. The molecule has 0 amide bonds. The third-order valence-electron chi connectivity index (χ3n) is 5.60. The van der Waals surface area contributed by atoms with Crippen molar-refractivity contribution < 1.29 is 33.6 Å². The van der Waals surface area contributed by atoms with Gasteiger partial charge in [0.2, 0.25) is 0 Å². The Morgan fingerprint density at radius 3 is 2.66 bits per heavy atom. The maximum absolute atomic E-state index is 15.1. The number of aliphatic hydroxyl groups excluding tert-OH is 2. The minimum Gasteiger partial charge on any atom is -0.487 e. The van der Waals surface area contributed by atoms with Gasteiger partial charge in [0.25, 0.3) is 0 Å². The van der Waals surface area contributed by atoms with Crippen LogP contribution in [-0.4, -0.2) is 45.5 Å². The number of halogens is 2. The van der Waals surface area contributed by atoms with E-state index in [1.807, 2.05) is 13.8 Å². The first-order valence-electron chi connectivity index (χ1n) is 10.2. The first-order valence-corrected chi connectivity index (χ1v) is 10.2. The number of alkyl halides is 2. The molecule has 0 aromatic carbocycles. The molecule has 1 saturated carbocycles. The normalized spacial score (nSPS) is 31.6. The van der Waals surface area contributed by atoms with E-state index in [-0.39, 0.29) is 18.8 Å². The molecule has 1 aliphatic heterocycles. The van der Waals surface area contributed by atoms with Gasteiger partial charge in [0.05, 0.1) is 23.7 Å². The molecule has 2 fully saturated rings. The highest BCUT2D eigenvalue weighted by molar-refractivity contribution is 5.87. The lowest BCUT2D eigenvalue weighted by molar-refractivity contribution is -0.133. The van der Waals surface area contributed by atoms with Crippen LogP contribution in [0.5, 0.6) is 0 Å². The molecule has 3 N–H and O–H groups in total. The molecule has 0 radical (unpaired) electrons. The minimum atomic E-state index is -3.50. The summed E-state index contributed by atoms with van der Waals surface area (Å²) in [6.07, 6.45) is 1.53. The van der Waals surface area contributed by atoms with E-state index in [0.29, 0.717) is 12.8 Å². The fourth-order valence-electron chi connectivity index (χ4n) is 4.01. The number of aliphatic hydroxyl groups is 2. The molecule has 2 aliphatic rings. The molecular weight excluding hydrogens is 382 g/mol. The number of rotatable bonds is 7. The summed E-state index contributed by atoms with van der Waals surface area (Å²) in [5.41, 5.74) is -0.410. The lowest BCUT2D eigenvalue weighted by Gasteiger charge is -2.24. The smallest absolute Gasteiger partial charge is 0.335 e. The van der Waals surface area contributed by atoms with Crippen molar-refractivity contribution >= 4 is 5.97 Å². The fourth-order valence-corrected chi connectivity index (χ4v) is 4.01. The van der Waals surface area contributed by atoms with E-state index in [9.17, 15) is 20.1 Å².